The third-order valence-corrected chi connectivity index (χ3v) is 7.59. The largest absolute Gasteiger partial charge is 0.494 e. The van der Waals surface area contributed by atoms with Gasteiger partial charge in [0.05, 0.1) is 13.2 Å². The minimum atomic E-state index is -0.687. The van der Waals surface area contributed by atoms with Gasteiger partial charge in [-0.3, -0.25) is 19.2 Å². The molecule has 0 aromatic heterocycles. The molecule has 0 N–H and O–H groups in total. The van der Waals surface area contributed by atoms with Crippen LogP contribution in [0.2, 0.25) is 0 Å². The average molecular weight is 599 g/mol. The van der Waals surface area contributed by atoms with E-state index in [9.17, 15) is 19.2 Å². The molecule has 0 bridgehead atoms. The predicted molar refractivity (Wildman–Crippen MR) is 174 cm³/mol. The quantitative estimate of drug-likeness (QED) is 0.0651. The first kappa shape index (κ1) is 34.4. The first-order valence-corrected chi connectivity index (χ1v) is 16.2. The van der Waals surface area contributed by atoms with E-state index in [1.807, 2.05) is 0 Å². The van der Waals surface area contributed by atoms with Gasteiger partial charge < -0.3 is 9.47 Å². The molecule has 0 saturated heterocycles. The molecule has 0 fully saturated rings. The van der Waals surface area contributed by atoms with Gasteiger partial charge in [-0.2, -0.15) is 0 Å². The Labute approximate surface area is 262 Å². The van der Waals surface area contributed by atoms with Crippen molar-refractivity contribution in [2.24, 2.45) is 0 Å². The van der Waals surface area contributed by atoms with Crippen molar-refractivity contribution in [2.45, 2.75) is 90.9 Å². The van der Waals surface area contributed by atoms with E-state index in [1.165, 1.54) is 75.6 Å². The van der Waals surface area contributed by atoms with Crippen molar-refractivity contribution < 1.29 is 28.7 Å². The lowest BCUT2D eigenvalue weighted by atomic mass is 9.97. The molecule has 3 aromatic rings. The van der Waals surface area contributed by atoms with Crippen molar-refractivity contribution in [3.8, 4) is 11.5 Å². The summed E-state index contributed by atoms with van der Waals surface area (Å²) in [5, 5.41) is 0. The highest BCUT2D eigenvalue weighted by atomic mass is 16.5. The highest BCUT2D eigenvalue weighted by molar-refractivity contribution is 6.50. The molecule has 6 nitrogen and oxygen atoms in total. The van der Waals surface area contributed by atoms with Crippen molar-refractivity contribution in [1.29, 1.82) is 0 Å². The number of ketones is 4. The summed E-state index contributed by atoms with van der Waals surface area (Å²) in [6.07, 6.45) is 14.1. The Morgan fingerprint density at radius 3 is 0.932 bits per heavy atom. The van der Waals surface area contributed by atoms with Gasteiger partial charge in [0.2, 0.25) is 23.1 Å². The van der Waals surface area contributed by atoms with Crippen LogP contribution in [0.15, 0.2) is 72.8 Å². The zero-order chi connectivity index (χ0) is 31.6. The molecule has 0 radical (unpaired) electrons. The highest BCUT2D eigenvalue weighted by Crippen LogP contribution is 2.18. The molecule has 234 valence electrons. The Morgan fingerprint density at radius 2 is 0.636 bits per heavy atom. The van der Waals surface area contributed by atoms with E-state index in [0.717, 1.165) is 25.7 Å². The zero-order valence-electron chi connectivity index (χ0n) is 26.3. The molecule has 0 heterocycles. The SMILES string of the molecule is CCCCCCCCOc1ccc(C(=O)C(=O)c2ccc(C(=O)C(=O)c3ccc(OCCCCCCCC)cc3)cc2)cc1. The lowest BCUT2D eigenvalue weighted by Crippen LogP contribution is -2.16. The van der Waals surface area contributed by atoms with Crippen molar-refractivity contribution in [3.63, 3.8) is 0 Å². The third kappa shape index (κ3) is 11.2. The summed E-state index contributed by atoms with van der Waals surface area (Å²) < 4.78 is 11.5. The summed E-state index contributed by atoms with van der Waals surface area (Å²) >= 11 is 0. The first-order chi connectivity index (χ1) is 21.4. The molecule has 0 atom stereocenters. The fourth-order valence-corrected chi connectivity index (χ4v) is 4.85. The van der Waals surface area contributed by atoms with Crippen LogP contribution in [0.3, 0.4) is 0 Å². The van der Waals surface area contributed by atoms with Crippen LogP contribution in [-0.2, 0) is 0 Å². The molecular weight excluding hydrogens is 552 g/mol. The Hall–Kier alpha value is -4.06. The number of hydrogen-bond donors (Lipinski definition) is 0. The highest BCUT2D eigenvalue weighted by Gasteiger charge is 2.21. The second-order valence-corrected chi connectivity index (χ2v) is 11.2. The maximum atomic E-state index is 12.8. The molecule has 0 spiro atoms. The topological polar surface area (TPSA) is 86.7 Å². The second-order valence-electron chi connectivity index (χ2n) is 11.2. The monoisotopic (exact) mass is 598 g/mol. The number of ether oxygens (including phenoxy) is 2. The summed E-state index contributed by atoms with van der Waals surface area (Å²) in [5.74, 6) is -1.36. The first-order valence-electron chi connectivity index (χ1n) is 16.2. The van der Waals surface area contributed by atoms with E-state index in [2.05, 4.69) is 13.8 Å². The van der Waals surface area contributed by atoms with E-state index in [0.29, 0.717) is 24.7 Å². The van der Waals surface area contributed by atoms with Crippen LogP contribution >= 0.6 is 0 Å². The molecule has 6 heteroatoms. The van der Waals surface area contributed by atoms with Crippen LogP contribution in [0.5, 0.6) is 11.5 Å². The van der Waals surface area contributed by atoms with E-state index >= 15 is 0 Å². The van der Waals surface area contributed by atoms with Gasteiger partial charge in [0.25, 0.3) is 0 Å². The van der Waals surface area contributed by atoms with Gasteiger partial charge in [-0.05, 0) is 61.4 Å². The summed E-state index contributed by atoms with van der Waals surface area (Å²) in [4.78, 5) is 51.2. The van der Waals surface area contributed by atoms with Crippen LogP contribution in [0.1, 0.15) is 132 Å². The number of carbonyl (C=O) groups excluding carboxylic acids is 4. The molecule has 0 saturated carbocycles. The van der Waals surface area contributed by atoms with E-state index in [1.54, 1.807) is 48.5 Å². The van der Waals surface area contributed by atoms with Crippen LogP contribution in [0.4, 0.5) is 0 Å². The molecule has 3 rings (SSSR count). The fraction of sp³-hybridized carbons (Fsp3) is 0.421. The maximum Gasteiger partial charge on any atom is 0.233 e. The Morgan fingerprint density at radius 1 is 0.386 bits per heavy atom. The van der Waals surface area contributed by atoms with Crippen molar-refractivity contribution in [2.75, 3.05) is 13.2 Å². The number of rotatable bonds is 22. The molecule has 0 aliphatic carbocycles. The molecular formula is C38H46O6. The molecule has 0 aliphatic heterocycles. The van der Waals surface area contributed by atoms with Crippen LogP contribution < -0.4 is 9.47 Å². The molecule has 0 aliphatic rings. The minimum absolute atomic E-state index is 0.147. The van der Waals surface area contributed by atoms with E-state index < -0.39 is 23.1 Å². The van der Waals surface area contributed by atoms with E-state index in [-0.39, 0.29) is 22.3 Å². The lowest BCUT2D eigenvalue weighted by Gasteiger charge is -2.08. The van der Waals surface area contributed by atoms with Crippen LogP contribution in [0, 0.1) is 0 Å². The summed E-state index contributed by atoms with van der Waals surface area (Å²) in [5.41, 5.74) is 0.817. The van der Waals surface area contributed by atoms with Crippen LogP contribution in [0.25, 0.3) is 0 Å². The van der Waals surface area contributed by atoms with Gasteiger partial charge in [0.1, 0.15) is 11.5 Å². The third-order valence-electron chi connectivity index (χ3n) is 7.59. The summed E-state index contributed by atoms with van der Waals surface area (Å²) in [6.45, 7) is 5.63. The lowest BCUT2D eigenvalue weighted by molar-refractivity contribution is 0.0814. The Balaban J connectivity index is 1.47. The minimum Gasteiger partial charge on any atom is -0.494 e. The normalized spacial score (nSPS) is 10.8. The number of benzene rings is 3. The number of Topliss-reactive ketones (excluding diaryl/α,β-unsaturated/α-hetero) is 4. The van der Waals surface area contributed by atoms with Crippen molar-refractivity contribution in [1.82, 2.24) is 0 Å². The summed E-state index contributed by atoms with van der Waals surface area (Å²) in [6, 6.07) is 18.7. The smallest absolute Gasteiger partial charge is 0.233 e. The standard InChI is InChI=1S/C38H46O6/c1-3-5-7-9-11-13-27-43-33-23-19-31(20-24-33)37(41)35(39)29-15-17-30(18-16-29)36(40)38(42)32-21-25-34(26-22-32)44-28-14-12-10-8-6-4-2/h15-26H,3-14,27-28H2,1-2H3. The van der Waals surface area contributed by atoms with Gasteiger partial charge in [0.15, 0.2) is 0 Å². The van der Waals surface area contributed by atoms with Gasteiger partial charge in [-0.15, -0.1) is 0 Å². The van der Waals surface area contributed by atoms with Gasteiger partial charge in [-0.1, -0.05) is 102 Å². The molecule has 3 aromatic carbocycles. The second kappa shape index (κ2) is 19.3. The van der Waals surface area contributed by atoms with Gasteiger partial charge in [-0.25, -0.2) is 0 Å². The maximum absolute atomic E-state index is 12.8. The molecule has 0 amide bonds. The molecule has 0 unspecified atom stereocenters. The Bertz CT molecular complexity index is 1220. The number of carbonyl (C=O) groups is 4. The average Bonchev–Trinajstić information content (AvgIpc) is 3.07. The Kier molecular flexibility index (Phi) is 15.1. The van der Waals surface area contributed by atoms with Gasteiger partial charge >= 0.3 is 0 Å². The number of unbranched alkanes of at least 4 members (excludes halogenated alkanes) is 10. The summed E-state index contributed by atoms with van der Waals surface area (Å²) in [7, 11) is 0. The number of hydrogen-bond acceptors (Lipinski definition) is 6. The predicted octanol–water partition coefficient (Wildman–Crippen LogP) is 9.30. The van der Waals surface area contributed by atoms with Gasteiger partial charge in [0, 0.05) is 22.3 Å². The van der Waals surface area contributed by atoms with E-state index in [4.69, 9.17) is 9.47 Å². The zero-order valence-corrected chi connectivity index (χ0v) is 26.3. The van der Waals surface area contributed by atoms with Crippen LogP contribution in [-0.4, -0.2) is 36.3 Å². The van der Waals surface area contributed by atoms with Crippen molar-refractivity contribution >= 4 is 23.1 Å². The fourth-order valence-electron chi connectivity index (χ4n) is 4.85. The van der Waals surface area contributed by atoms with Crippen molar-refractivity contribution in [3.05, 3.63) is 95.1 Å². The molecule has 44 heavy (non-hydrogen) atoms.